The van der Waals surface area contributed by atoms with Crippen molar-refractivity contribution >= 4 is 42.1 Å². The lowest BCUT2D eigenvalue weighted by Gasteiger charge is -2.36. The number of fused-ring (bicyclic) bond motifs is 1. The van der Waals surface area contributed by atoms with Crippen molar-refractivity contribution in [3.05, 3.63) is 95.1 Å². The van der Waals surface area contributed by atoms with Gasteiger partial charge in [-0.05, 0) is 54.2 Å². The standard InChI is InChI=1S/C28H31N3O.2ClH/c1-21-7-9-22(10-8-21)17-24-18-28(32)31(20-23-5-3-2-4-6-23)27-12-11-25(19-26(24)27)30-15-13-29-14-16-30;;/h2-12,19,24,29H,13-18,20H2,1H3;2*1H. The third-order valence-electron chi connectivity index (χ3n) is 6.73. The molecule has 1 fully saturated rings. The van der Waals surface area contributed by atoms with Crippen LogP contribution in [0.5, 0.6) is 0 Å². The molecule has 1 saturated heterocycles. The lowest BCUT2D eigenvalue weighted by Crippen LogP contribution is -2.43. The zero-order valence-corrected chi connectivity index (χ0v) is 21.2. The molecule has 3 aromatic rings. The van der Waals surface area contributed by atoms with Crippen LogP contribution < -0.4 is 15.1 Å². The van der Waals surface area contributed by atoms with Gasteiger partial charge in [0.1, 0.15) is 0 Å². The Bertz CT molecular complexity index is 1080. The Hall–Kier alpha value is -2.53. The molecule has 0 saturated carbocycles. The van der Waals surface area contributed by atoms with Crippen LogP contribution in [-0.4, -0.2) is 32.1 Å². The number of anilines is 2. The highest BCUT2D eigenvalue weighted by Gasteiger charge is 2.32. The normalized spacial score (nSPS) is 17.4. The highest BCUT2D eigenvalue weighted by Crippen LogP contribution is 2.41. The molecule has 2 aliphatic heterocycles. The van der Waals surface area contributed by atoms with Gasteiger partial charge in [-0.25, -0.2) is 0 Å². The zero-order valence-electron chi connectivity index (χ0n) is 19.6. The van der Waals surface area contributed by atoms with Crippen molar-refractivity contribution < 1.29 is 4.79 Å². The molecule has 6 heteroatoms. The van der Waals surface area contributed by atoms with E-state index in [4.69, 9.17) is 0 Å². The molecule has 1 N–H and O–H groups in total. The van der Waals surface area contributed by atoms with E-state index in [1.807, 2.05) is 23.1 Å². The summed E-state index contributed by atoms with van der Waals surface area (Å²) in [5.41, 5.74) is 7.37. The maximum Gasteiger partial charge on any atom is 0.227 e. The van der Waals surface area contributed by atoms with Crippen molar-refractivity contribution in [1.82, 2.24) is 5.32 Å². The maximum absolute atomic E-state index is 13.3. The average molecular weight is 498 g/mol. The summed E-state index contributed by atoms with van der Waals surface area (Å²) in [6.45, 7) is 6.81. The number of piperazine rings is 1. The summed E-state index contributed by atoms with van der Waals surface area (Å²) in [5.74, 6) is 0.420. The van der Waals surface area contributed by atoms with Gasteiger partial charge in [0.25, 0.3) is 0 Å². The molecule has 0 aromatic heterocycles. The smallest absolute Gasteiger partial charge is 0.227 e. The molecule has 0 spiro atoms. The quantitative estimate of drug-likeness (QED) is 0.504. The summed E-state index contributed by atoms with van der Waals surface area (Å²) >= 11 is 0. The number of halogens is 2. The highest BCUT2D eigenvalue weighted by molar-refractivity contribution is 5.97. The van der Waals surface area contributed by atoms with E-state index >= 15 is 0 Å². The average Bonchev–Trinajstić information content (AvgIpc) is 2.84. The van der Waals surface area contributed by atoms with Crippen LogP contribution in [0, 0.1) is 6.92 Å². The molecule has 1 unspecified atom stereocenters. The minimum Gasteiger partial charge on any atom is -0.369 e. The summed E-state index contributed by atoms with van der Waals surface area (Å²) < 4.78 is 0. The predicted octanol–water partition coefficient (Wildman–Crippen LogP) is 5.51. The summed E-state index contributed by atoms with van der Waals surface area (Å²) in [6.07, 6.45) is 1.45. The first-order valence-electron chi connectivity index (χ1n) is 11.7. The van der Waals surface area contributed by atoms with Gasteiger partial charge in [0.2, 0.25) is 5.91 Å². The number of benzene rings is 3. The van der Waals surface area contributed by atoms with Crippen molar-refractivity contribution in [3.8, 4) is 0 Å². The van der Waals surface area contributed by atoms with Crippen molar-refractivity contribution in [2.45, 2.75) is 32.2 Å². The molecule has 1 atom stereocenters. The molecule has 3 aromatic carbocycles. The molecule has 180 valence electrons. The Morgan fingerprint density at radius 3 is 2.29 bits per heavy atom. The molecule has 4 nitrogen and oxygen atoms in total. The van der Waals surface area contributed by atoms with Crippen LogP contribution in [0.1, 0.15) is 34.6 Å². The van der Waals surface area contributed by atoms with Gasteiger partial charge in [0.05, 0.1) is 6.54 Å². The highest BCUT2D eigenvalue weighted by atomic mass is 35.5. The van der Waals surface area contributed by atoms with E-state index in [1.165, 1.54) is 22.4 Å². The van der Waals surface area contributed by atoms with Gasteiger partial charge in [-0.15, -0.1) is 24.8 Å². The molecular formula is C28H33Cl2N3O. The molecule has 0 radical (unpaired) electrons. The molecule has 0 aliphatic carbocycles. The van der Waals surface area contributed by atoms with E-state index in [0.717, 1.165) is 43.9 Å². The van der Waals surface area contributed by atoms with Crippen molar-refractivity contribution in [1.29, 1.82) is 0 Å². The van der Waals surface area contributed by atoms with Crippen LogP contribution in [0.4, 0.5) is 11.4 Å². The van der Waals surface area contributed by atoms with Gasteiger partial charge in [-0.2, -0.15) is 0 Å². The number of carbonyl (C=O) groups excluding carboxylic acids is 1. The fourth-order valence-electron chi connectivity index (χ4n) is 4.93. The van der Waals surface area contributed by atoms with E-state index in [-0.39, 0.29) is 36.6 Å². The van der Waals surface area contributed by atoms with Crippen molar-refractivity contribution in [3.63, 3.8) is 0 Å². The number of carbonyl (C=O) groups is 1. The minimum atomic E-state index is 0. The van der Waals surface area contributed by atoms with Crippen LogP contribution in [0.25, 0.3) is 0 Å². The fourth-order valence-corrected chi connectivity index (χ4v) is 4.93. The minimum absolute atomic E-state index is 0. The molecular weight excluding hydrogens is 465 g/mol. The molecule has 5 rings (SSSR count). The first-order chi connectivity index (χ1) is 15.7. The lowest BCUT2D eigenvalue weighted by atomic mass is 9.84. The molecule has 1 amide bonds. The van der Waals surface area contributed by atoms with E-state index < -0.39 is 0 Å². The van der Waals surface area contributed by atoms with Gasteiger partial charge < -0.3 is 15.1 Å². The fraction of sp³-hybridized carbons (Fsp3) is 0.321. The van der Waals surface area contributed by atoms with E-state index in [2.05, 4.69) is 71.7 Å². The first-order valence-corrected chi connectivity index (χ1v) is 11.7. The zero-order chi connectivity index (χ0) is 21.9. The Morgan fingerprint density at radius 1 is 0.882 bits per heavy atom. The second-order valence-corrected chi connectivity index (χ2v) is 9.04. The van der Waals surface area contributed by atoms with E-state index in [1.54, 1.807) is 0 Å². The van der Waals surface area contributed by atoms with Gasteiger partial charge >= 0.3 is 0 Å². The Kier molecular flexibility index (Phi) is 9.01. The van der Waals surface area contributed by atoms with Crippen LogP contribution in [-0.2, 0) is 17.8 Å². The molecule has 0 bridgehead atoms. The Morgan fingerprint density at radius 2 is 1.59 bits per heavy atom. The largest absolute Gasteiger partial charge is 0.369 e. The summed E-state index contributed by atoms with van der Waals surface area (Å²) in [4.78, 5) is 17.7. The molecule has 2 heterocycles. The Balaban J connectivity index is 0.00000162. The monoisotopic (exact) mass is 497 g/mol. The third-order valence-corrected chi connectivity index (χ3v) is 6.73. The maximum atomic E-state index is 13.3. The van der Waals surface area contributed by atoms with Gasteiger partial charge in [-0.3, -0.25) is 4.79 Å². The number of aryl methyl sites for hydroxylation is 1. The lowest BCUT2D eigenvalue weighted by molar-refractivity contribution is -0.119. The molecule has 2 aliphatic rings. The summed E-state index contributed by atoms with van der Waals surface area (Å²) in [6, 6.07) is 25.8. The second kappa shape index (κ2) is 11.7. The van der Waals surface area contributed by atoms with Crippen molar-refractivity contribution in [2.24, 2.45) is 0 Å². The second-order valence-electron chi connectivity index (χ2n) is 9.04. The van der Waals surface area contributed by atoms with E-state index in [0.29, 0.717) is 13.0 Å². The number of rotatable bonds is 5. The number of nitrogens with one attached hydrogen (secondary N) is 1. The van der Waals surface area contributed by atoms with Crippen LogP contribution in [0.15, 0.2) is 72.8 Å². The van der Waals surface area contributed by atoms with E-state index in [9.17, 15) is 4.79 Å². The van der Waals surface area contributed by atoms with Gasteiger partial charge in [-0.1, -0.05) is 60.2 Å². The number of amides is 1. The summed E-state index contributed by atoms with van der Waals surface area (Å²) in [5, 5.41) is 3.44. The van der Waals surface area contributed by atoms with Crippen LogP contribution in [0.2, 0.25) is 0 Å². The molecule has 34 heavy (non-hydrogen) atoms. The topological polar surface area (TPSA) is 35.6 Å². The van der Waals surface area contributed by atoms with Gasteiger partial charge in [0, 0.05) is 44.0 Å². The Labute approximate surface area is 215 Å². The van der Waals surface area contributed by atoms with Gasteiger partial charge in [0.15, 0.2) is 0 Å². The SMILES string of the molecule is Cc1ccc(CC2CC(=O)N(Cc3ccccc3)c3ccc(N4CCNCC4)cc32)cc1.Cl.Cl. The van der Waals surface area contributed by atoms with Crippen LogP contribution >= 0.6 is 24.8 Å². The number of hydrogen-bond acceptors (Lipinski definition) is 3. The number of hydrogen-bond donors (Lipinski definition) is 1. The third kappa shape index (κ3) is 5.75. The predicted molar refractivity (Wildman–Crippen MR) is 146 cm³/mol. The van der Waals surface area contributed by atoms with Crippen molar-refractivity contribution in [2.75, 3.05) is 36.0 Å². The first kappa shape index (κ1) is 26.1. The summed E-state index contributed by atoms with van der Waals surface area (Å²) in [7, 11) is 0. The number of nitrogens with zero attached hydrogens (tertiary/aromatic N) is 2. The van der Waals surface area contributed by atoms with Crippen LogP contribution in [0.3, 0.4) is 0 Å².